The SMILES string of the molecule is C[C@@H](O)c1cc(Cl)ccc1OCC(=O)NC1CCOCC1. The molecule has 21 heavy (non-hydrogen) atoms. The number of hydrogen-bond acceptors (Lipinski definition) is 4. The zero-order chi connectivity index (χ0) is 15.2. The molecule has 5 nitrogen and oxygen atoms in total. The lowest BCUT2D eigenvalue weighted by atomic mass is 10.1. The number of aliphatic hydroxyl groups excluding tert-OH is 1. The van der Waals surface area contributed by atoms with Gasteiger partial charge in [-0.1, -0.05) is 11.6 Å². The Kier molecular flexibility index (Phi) is 5.85. The van der Waals surface area contributed by atoms with Crippen molar-refractivity contribution in [2.24, 2.45) is 0 Å². The lowest BCUT2D eigenvalue weighted by molar-refractivity contribution is -0.124. The highest BCUT2D eigenvalue weighted by atomic mass is 35.5. The Hall–Kier alpha value is -1.30. The molecule has 1 aliphatic heterocycles. The van der Waals surface area contributed by atoms with Crippen LogP contribution < -0.4 is 10.1 Å². The van der Waals surface area contributed by atoms with Gasteiger partial charge in [-0.2, -0.15) is 0 Å². The standard InChI is InChI=1S/C15H20ClNO4/c1-10(18)13-8-11(16)2-3-14(13)21-9-15(19)17-12-4-6-20-7-5-12/h2-3,8,10,12,18H,4-7,9H2,1H3,(H,17,19)/t10-/m1/s1. The third-order valence-electron chi connectivity index (χ3n) is 3.37. The van der Waals surface area contributed by atoms with Crippen LogP contribution in [0.25, 0.3) is 0 Å². The minimum atomic E-state index is -0.711. The number of carbonyl (C=O) groups excluding carboxylic acids is 1. The summed E-state index contributed by atoms with van der Waals surface area (Å²) in [7, 11) is 0. The van der Waals surface area contributed by atoms with Gasteiger partial charge >= 0.3 is 0 Å². The second kappa shape index (κ2) is 7.64. The highest BCUT2D eigenvalue weighted by molar-refractivity contribution is 6.30. The molecule has 1 fully saturated rings. The van der Waals surface area contributed by atoms with Gasteiger partial charge < -0.3 is 19.9 Å². The molecule has 1 atom stereocenters. The van der Waals surface area contributed by atoms with Crippen molar-refractivity contribution in [1.82, 2.24) is 5.32 Å². The van der Waals surface area contributed by atoms with Crippen molar-refractivity contribution in [3.05, 3.63) is 28.8 Å². The molecule has 1 heterocycles. The van der Waals surface area contributed by atoms with E-state index >= 15 is 0 Å². The molecule has 1 aromatic rings. The van der Waals surface area contributed by atoms with Crippen LogP contribution in [0.1, 0.15) is 31.4 Å². The average Bonchev–Trinajstić information content (AvgIpc) is 2.47. The first-order valence-corrected chi connectivity index (χ1v) is 7.41. The number of benzene rings is 1. The van der Waals surface area contributed by atoms with E-state index in [1.807, 2.05) is 0 Å². The molecule has 0 bridgehead atoms. The number of carbonyl (C=O) groups is 1. The minimum Gasteiger partial charge on any atom is -0.483 e. The maximum absolute atomic E-state index is 11.9. The number of ether oxygens (including phenoxy) is 2. The highest BCUT2D eigenvalue weighted by Crippen LogP contribution is 2.28. The van der Waals surface area contributed by atoms with Crippen LogP contribution in [0.5, 0.6) is 5.75 Å². The summed E-state index contributed by atoms with van der Waals surface area (Å²) in [6.07, 6.45) is 0.939. The Morgan fingerprint density at radius 2 is 2.24 bits per heavy atom. The summed E-state index contributed by atoms with van der Waals surface area (Å²) in [4.78, 5) is 11.9. The van der Waals surface area contributed by atoms with Crippen LogP contribution >= 0.6 is 11.6 Å². The Labute approximate surface area is 129 Å². The number of aliphatic hydroxyl groups is 1. The molecule has 116 valence electrons. The predicted molar refractivity (Wildman–Crippen MR) is 79.6 cm³/mol. The maximum atomic E-state index is 11.9. The molecule has 1 saturated heterocycles. The third kappa shape index (κ3) is 4.88. The Morgan fingerprint density at radius 3 is 2.90 bits per heavy atom. The van der Waals surface area contributed by atoms with Gasteiger partial charge in [0, 0.05) is 29.8 Å². The van der Waals surface area contributed by atoms with Gasteiger partial charge in [-0.15, -0.1) is 0 Å². The molecule has 2 N–H and O–H groups in total. The summed E-state index contributed by atoms with van der Waals surface area (Å²) < 4.78 is 10.7. The van der Waals surface area contributed by atoms with Crippen molar-refractivity contribution in [2.45, 2.75) is 31.9 Å². The Balaban J connectivity index is 1.88. The van der Waals surface area contributed by atoms with E-state index in [0.717, 1.165) is 12.8 Å². The highest BCUT2D eigenvalue weighted by Gasteiger charge is 2.17. The van der Waals surface area contributed by atoms with E-state index in [4.69, 9.17) is 21.1 Å². The van der Waals surface area contributed by atoms with E-state index in [0.29, 0.717) is 29.5 Å². The summed E-state index contributed by atoms with van der Waals surface area (Å²) in [6, 6.07) is 5.11. The molecular formula is C15H20ClNO4. The lowest BCUT2D eigenvalue weighted by Gasteiger charge is -2.23. The first-order valence-electron chi connectivity index (χ1n) is 7.03. The molecule has 0 aliphatic carbocycles. The number of halogens is 1. The zero-order valence-corrected chi connectivity index (χ0v) is 12.7. The monoisotopic (exact) mass is 313 g/mol. The molecule has 0 aromatic heterocycles. The summed E-state index contributed by atoms with van der Waals surface area (Å²) in [6.45, 7) is 2.89. The number of rotatable bonds is 5. The van der Waals surface area contributed by atoms with E-state index in [1.54, 1.807) is 25.1 Å². The fraction of sp³-hybridized carbons (Fsp3) is 0.533. The predicted octanol–water partition coefficient (Wildman–Crippen LogP) is 2.07. The van der Waals surface area contributed by atoms with Crippen LogP contribution in [0.4, 0.5) is 0 Å². The summed E-state index contributed by atoms with van der Waals surface area (Å²) in [5, 5.41) is 13.1. The number of nitrogens with one attached hydrogen (secondary N) is 1. The van der Waals surface area contributed by atoms with Gasteiger partial charge in [-0.25, -0.2) is 0 Å². The summed E-state index contributed by atoms with van der Waals surface area (Å²) in [5.74, 6) is 0.296. The van der Waals surface area contributed by atoms with Gasteiger partial charge in [-0.05, 0) is 38.0 Å². The largest absolute Gasteiger partial charge is 0.483 e. The van der Waals surface area contributed by atoms with Crippen molar-refractivity contribution in [2.75, 3.05) is 19.8 Å². The molecule has 0 spiro atoms. The molecule has 6 heteroatoms. The Morgan fingerprint density at radius 1 is 1.52 bits per heavy atom. The van der Waals surface area contributed by atoms with E-state index in [-0.39, 0.29) is 18.6 Å². The molecule has 0 saturated carbocycles. The second-order valence-electron chi connectivity index (χ2n) is 5.10. The molecule has 2 rings (SSSR count). The van der Waals surface area contributed by atoms with Crippen molar-refractivity contribution in [1.29, 1.82) is 0 Å². The van der Waals surface area contributed by atoms with Crippen LogP contribution in [0, 0.1) is 0 Å². The number of hydrogen-bond donors (Lipinski definition) is 2. The minimum absolute atomic E-state index is 0.0846. The smallest absolute Gasteiger partial charge is 0.258 e. The van der Waals surface area contributed by atoms with Crippen molar-refractivity contribution < 1.29 is 19.4 Å². The van der Waals surface area contributed by atoms with Crippen LogP contribution in [0.2, 0.25) is 5.02 Å². The van der Waals surface area contributed by atoms with Crippen LogP contribution in [-0.2, 0) is 9.53 Å². The molecule has 1 amide bonds. The van der Waals surface area contributed by atoms with Crippen molar-refractivity contribution >= 4 is 17.5 Å². The first kappa shape index (κ1) is 16.1. The first-order chi connectivity index (χ1) is 10.1. The van der Waals surface area contributed by atoms with Gasteiger partial charge in [0.2, 0.25) is 0 Å². The molecule has 1 aromatic carbocycles. The molecule has 0 radical (unpaired) electrons. The fourth-order valence-corrected chi connectivity index (χ4v) is 2.41. The lowest BCUT2D eigenvalue weighted by Crippen LogP contribution is -2.41. The van der Waals surface area contributed by atoms with E-state index in [2.05, 4.69) is 5.32 Å². The van der Waals surface area contributed by atoms with Crippen molar-refractivity contribution in [3.8, 4) is 5.75 Å². The van der Waals surface area contributed by atoms with Crippen molar-refractivity contribution in [3.63, 3.8) is 0 Å². The topological polar surface area (TPSA) is 67.8 Å². The number of amides is 1. The molecule has 1 aliphatic rings. The Bertz CT molecular complexity index is 487. The quantitative estimate of drug-likeness (QED) is 0.873. The van der Waals surface area contributed by atoms with E-state index in [9.17, 15) is 9.90 Å². The summed E-state index contributed by atoms with van der Waals surface area (Å²) >= 11 is 5.89. The second-order valence-corrected chi connectivity index (χ2v) is 5.54. The maximum Gasteiger partial charge on any atom is 0.258 e. The zero-order valence-electron chi connectivity index (χ0n) is 12.0. The van der Waals surface area contributed by atoms with E-state index < -0.39 is 6.10 Å². The normalized spacial score (nSPS) is 17.3. The molecular weight excluding hydrogens is 294 g/mol. The third-order valence-corrected chi connectivity index (χ3v) is 3.60. The van der Waals surface area contributed by atoms with Gasteiger partial charge in [0.05, 0.1) is 6.10 Å². The van der Waals surface area contributed by atoms with Crippen LogP contribution in [0.3, 0.4) is 0 Å². The fourth-order valence-electron chi connectivity index (χ4n) is 2.23. The van der Waals surface area contributed by atoms with Crippen LogP contribution in [-0.4, -0.2) is 36.9 Å². The van der Waals surface area contributed by atoms with Gasteiger partial charge in [0.1, 0.15) is 5.75 Å². The van der Waals surface area contributed by atoms with Gasteiger partial charge in [-0.3, -0.25) is 4.79 Å². The van der Waals surface area contributed by atoms with Gasteiger partial charge in [0.15, 0.2) is 6.61 Å². The van der Waals surface area contributed by atoms with Gasteiger partial charge in [0.25, 0.3) is 5.91 Å². The van der Waals surface area contributed by atoms with Crippen LogP contribution in [0.15, 0.2) is 18.2 Å². The molecule has 0 unspecified atom stereocenters. The average molecular weight is 314 g/mol. The summed E-state index contributed by atoms with van der Waals surface area (Å²) in [5.41, 5.74) is 0.571. The van der Waals surface area contributed by atoms with E-state index in [1.165, 1.54) is 0 Å².